The zero-order valence-electron chi connectivity index (χ0n) is 31.8. The molecule has 0 aliphatic heterocycles. The second kappa shape index (κ2) is 14.5. The van der Waals surface area contributed by atoms with Crippen molar-refractivity contribution in [1.29, 1.82) is 0 Å². The number of allylic oxidation sites excluding steroid dienone is 2. The summed E-state index contributed by atoms with van der Waals surface area (Å²) in [5.74, 6) is 1.66. The third kappa shape index (κ3) is 7.05. The zero-order chi connectivity index (χ0) is 36.8. The molecule has 2 aromatic carbocycles. The highest BCUT2D eigenvalue weighted by Gasteiger charge is 2.59. The Bertz CT molecular complexity index is 1810. The number of rotatable bonds is 7. The molecule has 7 atom stereocenters. The van der Waals surface area contributed by atoms with E-state index >= 15 is 0 Å². The molecular formula is C45H58N2O4S. The van der Waals surface area contributed by atoms with Gasteiger partial charge in [-0.15, -0.1) is 11.3 Å². The van der Waals surface area contributed by atoms with Gasteiger partial charge in [0.05, 0.1) is 23.1 Å². The van der Waals surface area contributed by atoms with Crippen LogP contribution >= 0.6 is 11.3 Å². The molecule has 4 saturated carbocycles. The van der Waals surface area contributed by atoms with Crippen LogP contribution in [0.2, 0.25) is 0 Å². The fourth-order valence-corrected chi connectivity index (χ4v) is 11.4. The van der Waals surface area contributed by atoms with Crippen molar-refractivity contribution in [3.05, 3.63) is 98.8 Å². The van der Waals surface area contributed by atoms with E-state index in [1.165, 1.54) is 29.8 Å². The molecule has 0 radical (unpaired) electrons. The second-order valence-corrected chi connectivity index (χ2v) is 18.8. The van der Waals surface area contributed by atoms with Crippen LogP contribution in [0.1, 0.15) is 123 Å². The van der Waals surface area contributed by atoms with Crippen molar-refractivity contribution in [1.82, 2.24) is 4.90 Å². The molecule has 9 rings (SSSR count). The van der Waals surface area contributed by atoms with Gasteiger partial charge in [-0.05, 0) is 149 Å². The lowest BCUT2D eigenvalue weighted by Gasteiger charge is -2.60. The first-order valence-corrected chi connectivity index (χ1v) is 20.5. The van der Waals surface area contributed by atoms with E-state index in [1.54, 1.807) is 0 Å². The summed E-state index contributed by atoms with van der Waals surface area (Å²) in [4.78, 5) is 32.4. The van der Waals surface area contributed by atoms with Gasteiger partial charge in [-0.2, -0.15) is 0 Å². The Morgan fingerprint density at radius 2 is 1.75 bits per heavy atom. The number of carbonyl (C=O) groups is 2. The van der Waals surface area contributed by atoms with Crippen molar-refractivity contribution in [2.75, 3.05) is 18.4 Å². The maximum absolute atomic E-state index is 14.3. The normalized spacial score (nSPS) is 31.1. The Labute approximate surface area is 314 Å². The summed E-state index contributed by atoms with van der Waals surface area (Å²) in [6, 6.07) is 19.6. The predicted octanol–water partition coefficient (Wildman–Crippen LogP) is 9.93. The first-order chi connectivity index (χ1) is 24.8. The van der Waals surface area contributed by atoms with Gasteiger partial charge in [0.25, 0.3) is 0 Å². The number of para-hydroxylation sites is 1. The molecule has 0 saturated heterocycles. The first kappa shape index (κ1) is 37.1. The highest BCUT2D eigenvalue weighted by atomic mass is 32.1. The van der Waals surface area contributed by atoms with Crippen molar-refractivity contribution in [3.8, 4) is 0 Å². The Hall–Kier alpha value is -3.26. The van der Waals surface area contributed by atoms with Crippen LogP contribution in [0, 0.1) is 35.5 Å². The van der Waals surface area contributed by atoms with Crippen LogP contribution in [-0.4, -0.2) is 51.7 Å². The molecule has 6 aliphatic carbocycles. The minimum Gasteiger partial charge on any atom is -0.393 e. The molecule has 6 aliphatic rings. The second-order valence-electron chi connectivity index (χ2n) is 17.6. The quantitative estimate of drug-likeness (QED) is 0.167. The molecule has 278 valence electrons. The van der Waals surface area contributed by atoms with E-state index in [1.807, 2.05) is 60.4 Å². The molecule has 3 N–H and O–H groups in total. The van der Waals surface area contributed by atoms with Crippen molar-refractivity contribution in [2.24, 2.45) is 28.6 Å². The van der Waals surface area contributed by atoms with Crippen LogP contribution in [-0.2, 0) is 6.42 Å². The Kier molecular flexibility index (Phi) is 10.4. The average molecular weight is 723 g/mol. The molecule has 3 aromatic rings. The Morgan fingerprint density at radius 3 is 2.46 bits per heavy atom. The number of aryl methyl sites for hydroxylation is 1. The van der Waals surface area contributed by atoms with Gasteiger partial charge in [-0.1, -0.05) is 62.8 Å². The third-order valence-electron chi connectivity index (χ3n) is 14.1. The zero-order valence-corrected chi connectivity index (χ0v) is 32.6. The fraction of sp³-hybridized carbons (Fsp3) is 0.556. The van der Waals surface area contributed by atoms with E-state index in [2.05, 4.69) is 51.2 Å². The number of aliphatic hydroxyl groups is 2. The summed E-state index contributed by atoms with van der Waals surface area (Å²) in [7, 11) is 0. The molecule has 0 spiro atoms. The van der Waals surface area contributed by atoms with Crippen molar-refractivity contribution in [3.63, 3.8) is 0 Å². The van der Waals surface area contributed by atoms with Gasteiger partial charge in [-0.3, -0.25) is 4.79 Å². The van der Waals surface area contributed by atoms with Gasteiger partial charge in [0.15, 0.2) is 0 Å². The van der Waals surface area contributed by atoms with E-state index in [4.69, 9.17) is 0 Å². The van der Waals surface area contributed by atoms with Crippen LogP contribution in [0.4, 0.5) is 10.5 Å². The molecule has 1 aromatic heterocycles. The van der Waals surface area contributed by atoms with E-state index in [0.717, 1.165) is 59.7 Å². The van der Waals surface area contributed by atoms with Crippen molar-refractivity contribution < 1.29 is 19.8 Å². The number of anilines is 1. The number of fused-ring (bicyclic) bond motifs is 10. The SMILES string of the molecule is CC1=CCCC2(C)C(CCC2(O)CN(CC2CCC3CC2C3(C)C)C(=O)Nc2ccccc2)c2ccc(cc2C(=O)c2ccc(C)s2)CC(O)CC1. The molecule has 4 bridgehead atoms. The summed E-state index contributed by atoms with van der Waals surface area (Å²) in [5.41, 5.74) is 3.10. The van der Waals surface area contributed by atoms with Crippen LogP contribution in [0.3, 0.4) is 0 Å². The summed E-state index contributed by atoms with van der Waals surface area (Å²) in [6.45, 7) is 12.0. The third-order valence-corrected chi connectivity index (χ3v) is 15.1. The smallest absolute Gasteiger partial charge is 0.321 e. The van der Waals surface area contributed by atoms with Crippen molar-refractivity contribution >= 4 is 28.8 Å². The Morgan fingerprint density at radius 1 is 0.962 bits per heavy atom. The topological polar surface area (TPSA) is 89.9 Å². The summed E-state index contributed by atoms with van der Waals surface area (Å²) < 4.78 is 0. The maximum atomic E-state index is 14.3. The van der Waals surface area contributed by atoms with Gasteiger partial charge in [-0.25, -0.2) is 4.79 Å². The van der Waals surface area contributed by atoms with Crippen LogP contribution in [0.15, 0.2) is 72.3 Å². The number of benzene rings is 2. The minimum absolute atomic E-state index is 0.00708. The highest BCUT2D eigenvalue weighted by Crippen LogP contribution is 2.62. The summed E-state index contributed by atoms with van der Waals surface area (Å²) in [6.07, 6.45) is 10.0. The average Bonchev–Trinajstić information content (AvgIpc) is 3.66. The number of carbonyl (C=O) groups excluding carboxylic acids is 2. The molecule has 6 nitrogen and oxygen atoms in total. The molecule has 2 amide bonds. The lowest BCUT2D eigenvalue weighted by molar-refractivity contribution is -0.117. The molecule has 52 heavy (non-hydrogen) atoms. The maximum Gasteiger partial charge on any atom is 0.321 e. The van der Waals surface area contributed by atoms with Gasteiger partial charge in [0.1, 0.15) is 0 Å². The van der Waals surface area contributed by atoms with E-state index in [9.17, 15) is 19.8 Å². The molecule has 1 heterocycles. The number of nitrogens with zero attached hydrogens (tertiary/aromatic N) is 1. The largest absolute Gasteiger partial charge is 0.393 e. The number of hydrogen-bond acceptors (Lipinski definition) is 5. The summed E-state index contributed by atoms with van der Waals surface area (Å²) in [5, 5.41) is 27.3. The molecule has 7 heteroatoms. The van der Waals surface area contributed by atoms with E-state index in [0.29, 0.717) is 48.1 Å². The number of amides is 2. The standard InChI is InChI=1S/C45H58N2O4S/c1-29-10-9-22-44(5)38(36-19-15-31(24-35(48)18-13-29)25-37(36)41(49)40-20-14-30(2)52-40)21-23-45(44,51)28-47(42(50)46-34-11-7-6-8-12-34)27-32-16-17-33-26-39(32)43(33,3)4/h6-8,10-12,14-15,19-20,25,32-33,35,38-39,48,51H,9,13,16-18,21-24,26-28H2,1-5H3,(H,46,50). The van der Waals surface area contributed by atoms with Crippen LogP contribution < -0.4 is 5.32 Å². The number of urea groups is 1. The van der Waals surface area contributed by atoms with Gasteiger partial charge in [0, 0.05) is 28.1 Å². The Balaban J connectivity index is 1.27. The monoisotopic (exact) mass is 722 g/mol. The minimum atomic E-state index is -1.18. The van der Waals surface area contributed by atoms with Gasteiger partial charge < -0.3 is 20.4 Å². The van der Waals surface area contributed by atoms with E-state index < -0.39 is 17.1 Å². The highest BCUT2D eigenvalue weighted by molar-refractivity contribution is 7.14. The number of thiophene rings is 1. The summed E-state index contributed by atoms with van der Waals surface area (Å²) >= 11 is 1.51. The van der Waals surface area contributed by atoms with E-state index in [-0.39, 0.29) is 29.7 Å². The van der Waals surface area contributed by atoms with Crippen LogP contribution in [0.25, 0.3) is 0 Å². The van der Waals surface area contributed by atoms with Gasteiger partial charge >= 0.3 is 6.03 Å². The van der Waals surface area contributed by atoms with Gasteiger partial charge in [0.2, 0.25) is 5.78 Å². The van der Waals surface area contributed by atoms with Crippen LogP contribution in [0.5, 0.6) is 0 Å². The number of nitrogens with one attached hydrogen (secondary N) is 1. The number of hydrogen-bond donors (Lipinski definition) is 3. The molecular weight excluding hydrogens is 665 g/mol. The number of ketones is 1. The lowest BCUT2D eigenvalue weighted by Crippen LogP contribution is -2.58. The number of aliphatic hydroxyl groups excluding tert-OH is 1. The molecule has 7 unspecified atom stereocenters. The molecule has 4 fully saturated rings. The fourth-order valence-electron chi connectivity index (χ4n) is 10.6. The first-order valence-electron chi connectivity index (χ1n) is 19.7. The van der Waals surface area contributed by atoms with Crippen molar-refractivity contribution in [2.45, 2.75) is 116 Å². The predicted molar refractivity (Wildman–Crippen MR) is 211 cm³/mol. The lowest BCUT2D eigenvalue weighted by atomic mass is 9.45.